The van der Waals surface area contributed by atoms with Crippen molar-refractivity contribution in [3.05, 3.63) is 102 Å². The van der Waals surface area contributed by atoms with Gasteiger partial charge in [0, 0.05) is 57.8 Å². The Hall–Kier alpha value is -5.13. The molecule has 284 valence electrons. The first-order valence-electron chi connectivity index (χ1n) is 19.0. The van der Waals surface area contributed by atoms with Crippen LogP contribution in [0.15, 0.2) is 91.0 Å². The molecule has 4 heterocycles. The van der Waals surface area contributed by atoms with Gasteiger partial charge in [-0.1, -0.05) is 72.8 Å². The van der Waals surface area contributed by atoms with Crippen molar-refractivity contribution in [2.75, 3.05) is 50.8 Å². The molecule has 2 aliphatic rings. The Morgan fingerprint density at radius 1 is 0.833 bits per heavy atom. The van der Waals surface area contributed by atoms with Crippen molar-refractivity contribution in [3.8, 4) is 23.0 Å². The number of para-hydroxylation sites is 1. The molecule has 5 aromatic rings. The molecule has 2 saturated heterocycles. The van der Waals surface area contributed by atoms with Gasteiger partial charge >= 0.3 is 6.09 Å². The number of fused-ring (bicyclic) bond motifs is 1. The molecule has 0 radical (unpaired) electrons. The molecule has 7 rings (SSSR count). The number of aliphatic hydroxyl groups is 1. The van der Waals surface area contributed by atoms with Gasteiger partial charge in [-0.3, -0.25) is 9.58 Å². The summed E-state index contributed by atoms with van der Waals surface area (Å²) in [5.74, 6) is 1.47. The van der Waals surface area contributed by atoms with E-state index in [1.165, 1.54) is 0 Å². The normalized spacial score (nSPS) is 17.2. The molecule has 0 aliphatic carbocycles. The van der Waals surface area contributed by atoms with Gasteiger partial charge in [0.25, 0.3) is 0 Å². The molecule has 11 heteroatoms. The summed E-state index contributed by atoms with van der Waals surface area (Å²) in [6.07, 6.45) is 1.77. The number of carbonyl (C=O) groups is 1. The van der Waals surface area contributed by atoms with Crippen LogP contribution in [0.3, 0.4) is 0 Å². The van der Waals surface area contributed by atoms with Gasteiger partial charge in [-0.25, -0.2) is 4.79 Å². The van der Waals surface area contributed by atoms with Crippen molar-refractivity contribution in [2.24, 2.45) is 13.0 Å². The molecule has 2 aliphatic heterocycles. The molecule has 1 N–H and O–H groups in total. The fourth-order valence-corrected chi connectivity index (χ4v) is 7.51. The fraction of sp³-hybridized carbons (Fsp3) is 0.419. The molecule has 0 spiro atoms. The van der Waals surface area contributed by atoms with Gasteiger partial charge in [-0.05, 0) is 62.8 Å². The number of hydrogen-bond acceptors (Lipinski definition) is 9. The minimum atomic E-state index is -0.543. The standard InChI is InChI=1S/C43H52N6O5/c1-43(2,3)54-42(51)49-25-24-48(34(27-49)28-50)26-31-20-22-47(23-21-31)37-17-11-16-35-39(45-46(4)40(35)37)36-18-19-38(52-29-32-12-7-5-8-13-32)44-41(36)53-30-33-14-9-6-10-15-33/h5-19,31,34,50H,20-30H2,1-4H3/t34-/m0/s1. The average molecular weight is 733 g/mol. The molecule has 0 saturated carbocycles. The Bertz CT molecular complexity index is 2010. The number of nitrogens with zero attached hydrogens (tertiary/aromatic N) is 6. The second kappa shape index (κ2) is 16.5. The van der Waals surface area contributed by atoms with Crippen LogP contribution in [0.1, 0.15) is 44.7 Å². The Morgan fingerprint density at radius 3 is 2.19 bits per heavy atom. The van der Waals surface area contributed by atoms with Gasteiger partial charge in [-0.2, -0.15) is 10.1 Å². The first-order chi connectivity index (χ1) is 26.1. The Balaban J connectivity index is 1.06. The average Bonchev–Trinajstić information content (AvgIpc) is 3.52. The van der Waals surface area contributed by atoms with Crippen molar-refractivity contribution in [1.82, 2.24) is 24.6 Å². The lowest BCUT2D eigenvalue weighted by atomic mass is 9.94. The number of piperazine rings is 1. The number of aliphatic hydroxyl groups excluding tert-OH is 1. The van der Waals surface area contributed by atoms with Gasteiger partial charge in [0.2, 0.25) is 11.8 Å². The zero-order chi connectivity index (χ0) is 37.7. The van der Waals surface area contributed by atoms with E-state index in [0.717, 1.165) is 78.0 Å². The lowest BCUT2D eigenvalue weighted by Crippen LogP contribution is -2.58. The summed E-state index contributed by atoms with van der Waals surface area (Å²) in [5, 5.41) is 16.4. The summed E-state index contributed by atoms with van der Waals surface area (Å²) in [5.41, 5.74) is 5.43. The Kier molecular flexibility index (Phi) is 11.4. The topological polar surface area (TPSA) is 105 Å². The van der Waals surface area contributed by atoms with Crippen LogP contribution in [0.5, 0.6) is 11.8 Å². The maximum absolute atomic E-state index is 12.7. The maximum Gasteiger partial charge on any atom is 0.410 e. The van der Waals surface area contributed by atoms with Crippen LogP contribution in [0.25, 0.3) is 22.2 Å². The smallest absolute Gasteiger partial charge is 0.410 e. The van der Waals surface area contributed by atoms with E-state index in [4.69, 9.17) is 24.3 Å². The molecule has 2 aromatic heterocycles. The predicted octanol–water partition coefficient (Wildman–Crippen LogP) is 6.92. The molecule has 54 heavy (non-hydrogen) atoms. The van der Waals surface area contributed by atoms with Gasteiger partial charge in [0.05, 0.1) is 29.4 Å². The summed E-state index contributed by atoms with van der Waals surface area (Å²) >= 11 is 0. The van der Waals surface area contributed by atoms with E-state index in [2.05, 4.69) is 28.0 Å². The van der Waals surface area contributed by atoms with Crippen LogP contribution in [-0.2, 0) is 25.0 Å². The van der Waals surface area contributed by atoms with Crippen molar-refractivity contribution in [3.63, 3.8) is 0 Å². The van der Waals surface area contributed by atoms with E-state index in [0.29, 0.717) is 44.0 Å². The Morgan fingerprint density at radius 2 is 1.52 bits per heavy atom. The lowest BCUT2D eigenvalue weighted by molar-refractivity contribution is -0.00822. The van der Waals surface area contributed by atoms with Crippen LogP contribution in [0, 0.1) is 5.92 Å². The highest BCUT2D eigenvalue weighted by molar-refractivity contribution is 6.01. The number of rotatable bonds is 11. The molecule has 0 unspecified atom stereocenters. The van der Waals surface area contributed by atoms with Crippen molar-refractivity contribution < 1.29 is 24.1 Å². The molecule has 2 fully saturated rings. The van der Waals surface area contributed by atoms with E-state index < -0.39 is 5.60 Å². The van der Waals surface area contributed by atoms with E-state index >= 15 is 0 Å². The molecule has 11 nitrogen and oxygen atoms in total. The zero-order valence-corrected chi connectivity index (χ0v) is 31.9. The van der Waals surface area contributed by atoms with Crippen LogP contribution in [0.4, 0.5) is 10.5 Å². The SMILES string of the molecule is Cn1nc(-c2ccc(OCc3ccccc3)nc2OCc2ccccc2)c2cccc(N3CCC(CN4CCN(C(=O)OC(C)(C)C)C[C@H]4CO)CC3)c21. The number of anilines is 1. The fourth-order valence-electron chi connectivity index (χ4n) is 7.51. The van der Waals surface area contributed by atoms with Crippen molar-refractivity contribution in [1.29, 1.82) is 0 Å². The van der Waals surface area contributed by atoms with Gasteiger partial charge in [-0.15, -0.1) is 0 Å². The minimum absolute atomic E-state index is 0.0148. The number of carbonyl (C=O) groups excluding carboxylic acids is 1. The zero-order valence-electron chi connectivity index (χ0n) is 31.9. The third-order valence-electron chi connectivity index (χ3n) is 10.3. The number of ether oxygens (including phenoxy) is 3. The summed E-state index contributed by atoms with van der Waals surface area (Å²) < 4.78 is 20.1. The third kappa shape index (κ3) is 8.80. The number of aryl methyl sites for hydroxylation is 1. The monoisotopic (exact) mass is 732 g/mol. The minimum Gasteiger partial charge on any atom is -0.473 e. The van der Waals surface area contributed by atoms with E-state index in [9.17, 15) is 9.90 Å². The van der Waals surface area contributed by atoms with Crippen LogP contribution in [0.2, 0.25) is 0 Å². The van der Waals surface area contributed by atoms with Crippen molar-refractivity contribution >= 4 is 22.7 Å². The van der Waals surface area contributed by atoms with Crippen LogP contribution >= 0.6 is 0 Å². The quantitative estimate of drug-likeness (QED) is 0.155. The third-order valence-corrected chi connectivity index (χ3v) is 10.3. The van der Waals surface area contributed by atoms with E-state index in [1.807, 2.05) is 105 Å². The summed E-state index contributed by atoms with van der Waals surface area (Å²) in [4.78, 5) is 24.1. The van der Waals surface area contributed by atoms with E-state index in [-0.39, 0.29) is 18.7 Å². The Labute approximate surface area is 318 Å². The summed E-state index contributed by atoms with van der Waals surface area (Å²) in [6, 6.07) is 30.4. The number of aromatic nitrogens is 3. The molecule has 1 atom stereocenters. The van der Waals surface area contributed by atoms with Gasteiger partial charge in [0.15, 0.2) is 0 Å². The molecule has 3 aromatic carbocycles. The number of benzene rings is 3. The molecule has 1 amide bonds. The summed E-state index contributed by atoms with van der Waals surface area (Å²) in [6.45, 7) is 11.0. The van der Waals surface area contributed by atoms with Crippen molar-refractivity contribution in [2.45, 2.75) is 58.5 Å². The van der Waals surface area contributed by atoms with Gasteiger partial charge in [0.1, 0.15) is 24.5 Å². The first kappa shape index (κ1) is 37.2. The highest BCUT2D eigenvalue weighted by atomic mass is 16.6. The predicted molar refractivity (Wildman–Crippen MR) is 211 cm³/mol. The number of pyridine rings is 1. The largest absolute Gasteiger partial charge is 0.473 e. The molecular formula is C43H52N6O5. The number of amides is 1. The molecular weight excluding hydrogens is 681 g/mol. The maximum atomic E-state index is 12.7. The second-order valence-corrected chi connectivity index (χ2v) is 15.4. The lowest BCUT2D eigenvalue weighted by Gasteiger charge is -2.43. The number of hydrogen-bond donors (Lipinski definition) is 1. The summed E-state index contributed by atoms with van der Waals surface area (Å²) in [7, 11) is 2.00. The molecule has 0 bridgehead atoms. The van der Waals surface area contributed by atoms with Crippen LogP contribution in [-0.4, -0.2) is 93.3 Å². The van der Waals surface area contributed by atoms with E-state index in [1.54, 1.807) is 4.90 Å². The first-order valence-corrected chi connectivity index (χ1v) is 19.0. The second-order valence-electron chi connectivity index (χ2n) is 15.4. The van der Waals surface area contributed by atoms with Crippen LogP contribution < -0.4 is 14.4 Å². The highest BCUT2D eigenvalue weighted by Crippen LogP contribution is 2.39. The number of piperidine rings is 1. The van der Waals surface area contributed by atoms with Gasteiger partial charge < -0.3 is 29.1 Å². The highest BCUT2D eigenvalue weighted by Gasteiger charge is 2.34.